The number of rotatable bonds is 3. The van der Waals surface area contributed by atoms with E-state index in [4.69, 9.17) is 4.74 Å². The van der Waals surface area contributed by atoms with Crippen LogP contribution in [0.1, 0.15) is 40.3 Å². The summed E-state index contributed by atoms with van der Waals surface area (Å²) in [6.07, 6.45) is 4.23. The first-order valence-electron chi connectivity index (χ1n) is 11.1. The number of fused-ring (bicyclic) bond motifs is 4. The second-order valence-electron chi connectivity index (χ2n) is 8.30. The molecule has 0 aliphatic carbocycles. The molecule has 0 bridgehead atoms. The van der Waals surface area contributed by atoms with Crippen LogP contribution in [0.3, 0.4) is 0 Å². The number of hydrogen-bond acceptors (Lipinski definition) is 5. The van der Waals surface area contributed by atoms with Gasteiger partial charge in [-0.1, -0.05) is 18.6 Å². The number of amides is 1. The van der Waals surface area contributed by atoms with E-state index in [1.165, 1.54) is 17.4 Å². The van der Waals surface area contributed by atoms with Crippen LogP contribution < -0.4 is 10.1 Å². The van der Waals surface area contributed by atoms with Crippen LogP contribution in [0, 0.1) is 5.82 Å². The molecule has 33 heavy (non-hydrogen) atoms. The maximum atomic E-state index is 14.6. The molecule has 166 valence electrons. The predicted molar refractivity (Wildman–Crippen MR) is 125 cm³/mol. The molecule has 0 spiro atoms. The average Bonchev–Trinajstić information content (AvgIpc) is 3.38. The van der Waals surface area contributed by atoms with Gasteiger partial charge < -0.3 is 14.6 Å². The summed E-state index contributed by atoms with van der Waals surface area (Å²) in [5.74, 6) is 1.65. The third-order valence-electron chi connectivity index (χ3n) is 6.13. The van der Waals surface area contributed by atoms with Gasteiger partial charge in [-0.2, -0.15) is 0 Å². The van der Waals surface area contributed by atoms with Crippen molar-refractivity contribution in [1.29, 1.82) is 0 Å². The first kappa shape index (κ1) is 20.1. The largest absolute Gasteiger partial charge is 0.488 e. The van der Waals surface area contributed by atoms with Gasteiger partial charge in [-0.25, -0.2) is 4.39 Å². The second-order valence-corrected chi connectivity index (χ2v) is 9.35. The molecule has 6 nitrogen and oxygen atoms in total. The van der Waals surface area contributed by atoms with Crippen molar-refractivity contribution in [3.05, 3.63) is 70.6 Å². The van der Waals surface area contributed by atoms with Crippen molar-refractivity contribution in [3.8, 4) is 27.6 Å². The zero-order valence-electron chi connectivity index (χ0n) is 17.8. The maximum absolute atomic E-state index is 14.6. The number of nitrogens with one attached hydrogen (secondary N) is 1. The zero-order chi connectivity index (χ0) is 22.4. The molecule has 0 unspecified atom stereocenters. The van der Waals surface area contributed by atoms with Gasteiger partial charge in [-0.05, 0) is 49.2 Å². The number of ether oxygens (including phenoxy) is 1. The molecular weight excluding hydrogens is 439 g/mol. The quantitative estimate of drug-likeness (QED) is 0.427. The summed E-state index contributed by atoms with van der Waals surface area (Å²) >= 11 is 1.39. The van der Waals surface area contributed by atoms with E-state index in [0.717, 1.165) is 65.4 Å². The van der Waals surface area contributed by atoms with Gasteiger partial charge in [0.05, 0.1) is 10.6 Å². The molecule has 0 saturated carbocycles. The minimum Gasteiger partial charge on any atom is -0.488 e. The Morgan fingerprint density at radius 1 is 1.09 bits per heavy atom. The molecule has 6 rings (SSSR count). The summed E-state index contributed by atoms with van der Waals surface area (Å²) in [5.41, 5.74) is 2.80. The lowest BCUT2D eigenvalue weighted by molar-refractivity contribution is 0.103. The van der Waals surface area contributed by atoms with Crippen molar-refractivity contribution in [2.75, 3.05) is 5.32 Å². The summed E-state index contributed by atoms with van der Waals surface area (Å²) in [5, 5.41) is 11.4. The Bertz CT molecular complexity index is 1380. The van der Waals surface area contributed by atoms with Crippen LogP contribution in [-0.2, 0) is 19.6 Å². The number of benzene rings is 2. The van der Waals surface area contributed by atoms with Crippen LogP contribution in [0.15, 0.2) is 48.5 Å². The fraction of sp³-hybridized carbons (Fsp3) is 0.240. The highest BCUT2D eigenvalue weighted by molar-refractivity contribution is 7.17. The molecule has 2 aliphatic rings. The number of aryl methyl sites for hydroxylation is 1. The Hall–Kier alpha value is -3.52. The minimum absolute atomic E-state index is 0.131. The van der Waals surface area contributed by atoms with E-state index in [1.54, 1.807) is 12.1 Å². The van der Waals surface area contributed by atoms with Gasteiger partial charge in [-0.15, -0.1) is 21.5 Å². The lowest BCUT2D eigenvalue weighted by Crippen LogP contribution is -2.12. The highest BCUT2D eigenvalue weighted by Crippen LogP contribution is 2.42. The van der Waals surface area contributed by atoms with Crippen LogP contribution in [0.2, 0.25) is 0 Å². The van der Waals surface area contributed by atoms with E-state index >= 15 is 0 Å². The van der Waals surface area contributed by atoms with E-state index in [9.17, 15) is 9.18 Å². The van der Waals surface area contributed by atoms with Crippen molar-refractivity contribution in [2.24, 2.45) is 0 Å². The van der Waals surface area contributed by atoms with E-state index in [0.29, 0.717) is 17.3 Å². The standard InChI is InChI=1S/C25H21FN4O2S/c26-18-10-9-15(24-29-28-22-8-2-1-5-11-30(22)24)12-19(18)27-25(31)21-13-16-14-32-20-7-4-3-6-17(20)23(16)33-21/h3-4,6-7,9-10,12-13H,1-2,5,8,11,14H2,(H,27,31). The van der Waals surface area contributed by atoms with Gasteiger partial charge in [0.25, 0.3) is 5.91 Å². The van der Waals surface area contributed by atoms with Gasteiger partial charge in [0.15, 0.2) is 5.82 Å². The molecule has 0 atom stereocenters. The number of carbonyl (C=O) groups is 1. The number of carbonyl (C=O) groups excluding carboxylic acids is 1. The summed E-state index contributed by atoms with van der Waals surface area (Å²) in [6.45, 7) is 1.26. The average molecular weight is 461 g/mol. The summed E-state index contributed by atoms with van der Waals surface area (Å²) in [7, 11) is 0. The van der Waals surface area contributed by atoms with Gasteiger partial charge in [0.1, 0.15) is 24.0 Å². The number of hydrogen-bond donors (Lipinski definition) is 1. The molecule has 1 amide bonds. The molecule has 2 aromatic heterocycles. The highest BCUT2D eigenvalue weighted by Gasteiger charge is 2.23. The summed E-state index contributed by atoms with van der Waals surface area (Å²) in [4.78, 5) is 14.6. The number of nitrogens with zero attached hydrogens (tertiary/aromatic N) is 3. The van der Waals surface area contributed by atoms with Gasteiger partial charge in [0.2, 0.25) is 0 Å². The van der Waals surface area contributed by atoms with Crippen molar-refractivity contribution >= 4 is 22.9 Å². The number of anilines is 1. The predicted octanol–water partition coefficient (Wildman–Crippen LogP) is 5.68. The molecule has 2 aromatic carbocycles. The zero-order valence-corrected chi connectivity index (χ0v) is 18.6. The normalized spacial score (nSPS) is 14.5. The maximum Gasteiger partial charge on any atom is 0.265 e. The highest BCUT2D eigenvalue weighted by atomic mass is 32.1. The lowest BCUT2D eigenvalue weighted by atomic mass is 10.1. The smallest absolute Gasteiger partial charge is 0.265 e. The Labute approximate surface area is 194 Å². The molecule has 0 saturated heterocycles. The number of halogens is 1. The summed E-state index contributed by atoms with van der Waals surface area (Å²) < 4.78 is 22.5. The number of thiophene rings is 1. The minimum atomic E-state index is -0.488. The van der Waals surface area contributed by atoms with E-state index < -0.39 is 5.82 Å². The third kappa shape index (κ3) is 3.60. The van der Waals surface area contributed by atoms with Crippen LogP contribution >= 0.6 is 11.3 Å². The molecule has 8 heteroatoms. The fourth-order valence-corrected chi connectivity index (χ4v) is 5.55. The SMILES string of the molecule is O=C(Nc1cc(-c2nnc3n2CCCCC3)ccc1F)c1cc2c(s1)-c1ccccc1OC2. The van der Waals surface area contributed by atoms with Gasteiger partial charge >= 0.3 is 0 Å². The van der Waals surface area contributed by atoms with Crippen LogP contribution in [0.4, 0.5) is 10.1 Å². The molecule has 4 heterocycles. The fourth-order valence-electron chi connectivity index (χ4n) is 4.45. The Morgan fingerprint density at radius 2 is 2.00 bits per heavy atom. The monoisotopic (exact) mass is 460 g/mol. The first-order chi connectivity index (χ1) is 16.2. The molecule has 0 radical (unpaired) electrons. The topological polar surface area (TPSA) is 69.0 Å². The Kier molecular flexibility index (Phi) is 4.95. The summed E-state index contributed by atoms with van der Waals surface area (Å²) in [6, 6.07) is 14.3. The first-order valence-corrected chi connectivity index (χ1v) is 11.9. The van der Waals surface area contributed by atoms with Gasteiger partial charge in [0, 0.05) is 34.5 Å². The second kappa shape index (κ2) is 8.12. The Morgan fingerprint density at radius 3 is 2.94 bits per heavy atom. The molecular formula is C25H21FN4O2S. The van der Waals surface area contributed by atoms with Crippen molar-refractivity contribution in [1.82, 2.24) is 14.8 Å². The van der Waals surface area contributed by atoms with Gasteiger partial charge in [-0.3, -0.25) is 4.79 Å². The number of para-hydroxylation sites is 1. The third-order valence-corrected chi connectivity index (χ3v) is 7.34. The van der Waals surface area contributed by atoms with Crippen LogP contribution in [-0.4, -0.2) is 20.7 Å². The van der Waals surface area contributed by atoms with Crippen molar-refractivity contribution in [3.63, 3.8) is 0 Å². The molecule has 4 aromatic rings. The Balaban J connectivity index is 1.29. The van der Waals surface area contributed by atoms with Crippen LogP contribution in [0.25, 0.3) is 21.8 Å². The van der Waals surface area contributed by atoms with Crippen LogP contribution in [0.5, 0.6) is 5.75 Å². The van der Waals surface area contributed by atoms with E-state index in [-0.39, 0.29) is 11.6 Å². The van der Waals surface area contributed by atoms with Crippen molar-refractivity contribution in [2.45, 2.75) is 38.8 Å². The lowest BCUT2D eigenvalue weighted by Gasteiger charge is -2.16. The molecule has 2 aliphatic heterocycles. The number of aromatic nitrogens is 3. The van der Waals surface area contributed by atoms with Crippen molar-refractivity contribution < 1.29 is 13.9 Å². The molecule has 1 N–H and O–H groups in total. The van der Waals surface area contributed by atoms with E-state index in [1.807, 2.05) is 30.3 Å². The molecule has 0 fully saturated rings. The van der Waals surface area contributed by atoms with E-state index in [2.05, 4.69) is 20.1 Å².